The molecular weight excluding hydrogens is 236 g/mol. The molecule has 0 unspecified atom stereocenters. The van der Waals surface area contributed by atoms with Crippen molar-refractivity contribution < 1.29 is 19.4 Å². The van der Waals surface area contributed by atoms with E-state index in [-0.39, 0.29) is 5.92 Å². The van der Waals surface area contributed by atoms with Crippen LogP contribution < -0.4 is 10.6 Å². The highest BCUT2D eigenvalue weighted by Crippen LogP contribution is 2.01. The lowest BCUT2D eigenvalue weighted by molar-refractivity contribution is -0.140. The van der Waals surface area contributed by atoms with Gasteiger partial charge >= 0.3 is 12.0 Å². The van der Waals surface area contributed by atoms with E-state index in [1.807, 2.05) is 6.92 Å². The van der Waals surface area contributed by atoms with Crippen LogP contribution in [0.2, 0.25) is 0 Å². The van der Waals surface area contributed by atoms with E-state index in [0.717, 1.165) is 13.0 Å². The normalized spacial score (nSPS) is 12.2. The van der Waals surface area contributed by atoms with Crippen LogP contribution >= 0.6 is 0 Å². The lowest BCUT2D eigenvalue weighted by Gasteiger charge is -2.18. The van der Waals surface area contributed by atoms with Crippen molar-refractivity contribution in [3.05, 3.63) is 0 Å². The summed E-state index contributed by atoms with van der Waals surface area (Å²) in [6.07, 6.45) is 1.69. The van der Waals surface area contributed by atoms with Crippen LogP contribution in [-0.4, -0.2) is 42.9 Å². The molecule has 0 aromatic carbocycles. The molecule has 0 spiro atoms. The molecule has 0 aliphatic rings. The molecule has 0 aliphatic heterocycles. The summed E-state index contributed by atoms with van der Waals surface area (Å²) in [5.41, 5.74) is 0. The average molecular weight is 260 g/mol. The lowest BCUT2D eigenvalue weighted by atomic mass is 10.1. The van der Waals surface area contributed by atoms with Crippen LogP contribution in [0.25, 0.3) is 0 Å². The van der Waals surface area contributed by atoms with Crippen LogP contribution in [0, 0.1) is 5.92 Å². The number of aliphatic carboxylic acids is 1. The smallest absolute Gasteiger partial charge is 0.326 e. The molecule has 0 bridgehead atoms. The van der Waals surface area contributed by atoms with Crippen molar-refractivity contribution >= 4 is 12.0 Å². The van der Waals surface area contributed by atoms with Gasteiger partial charge in [-0.25, -0.2) is 9.59 Å². The fraction of sp³-hybridized carbons (Fsp3) is 0.833. The summed E-state index contributed by atoms with van der Waals surface area (Å²) < 4.78 is 5.26. The summed E-state index contributed by atoms with van der Waals surface area (Å²) >= 11 is 0. The number of carbonyl (C=O) groups excluding carboxylic acids is 1. The van der Waals surface area contributed by atoms with Crippen LogP contribution in [0.3, 0.4) is 0 Å². The number of amides is 2. The van der Waals surface area contributed by atoms with Crippen LogP contribution in [0.15, 0.2) is 0 Å². The lowest BCUT2D eigenvalue weighted by Crippen LogP contribution is -2.48. The Morgan fingerprint density at radius 1 is 1.28 bits per heavy atom. The molecule has 1 atom stereocenters. The highest BCUT2D eigenvalue weighted by molar-refractivity contribution is 5.82. The van der Waals surface area contributed by atoms with E-state index >= 15 is 0 Å². The first-order valence-corrected chi connectivity index (χ1v) is 6.34. The van der Waals surface area contributed by atoms with Gasteiger partial charge in [-0.3, -0.25) is 0 Å². The number of nitrogens with one attached hydrogen (secondary N) is 2. The summed E-state index contributed by atoms with van der Waals surface area (Å²) in [6, 6.07) is -1.31. The number of carboxylic acid groups (broad SMARTS) is 1. The molecule has 106 valence electrons. The Labute approximate surface area is 108 Å². The number of urea groups is 1. The van der Waals surface area contributed by atoms with Crippen molar-refractivity contribution in [3.8, 4) is 0 Å². The van der Waals surface area contributed by atoms with Crippen molar-refractivity contribution in [1.29, 1.82) is 0 Å². The Morgan fingerprint density at radius 2 is 1.94 bits per heavy atom. The van der Waals surface area contributed by atoms with E-state index in [4.69, 9.17) is 9.84 Å². The molecular formula is C12H24N2O4. The molecule has 2 amide bonds. The first-order valence-electron chi connectivity index (χ1n) is 6.34. The molecule has 18 heavy (non-hydrogen) atoms. The first-order chi connectivity index (χ1) is 8.49. The standard InChI is InChI=1S/C12H24N2O4/c1-4-7-18-8-5-6-13-12(17)14-10(9(2)3)11(15)16/h9-10H,4-8H2,1-3H3,(H,15,16)(H2,13,14,17)/t10-/m0/s1. The SMILES string of the molecule is CCCOCCCNC(=O)N[C@H](C(=O)O)C(C)C. The van der Waals surface area contributed by atoms with Gasteiger partial charge in [-0.05, 0) is 18.8 Å². The predicted octanol–water partition coefficient (Wildman–Crippen LogP) is 1.21. The molecule has 0 saturated carbocycles. The predicted molar refractivity (Wildman–Crippen MR) is 68.5 cm³/mol. The zero-order valence-corrected chi connectivity index (χ0v) is 11.4. The molecule has 0 rings (SSSR count). The van der Waals surface area contributed by atoms with Crippen LogP contribution in [0.4, 0.5) is 4.79 Å². The fourth-order valence-corrected chi connectivity index (χ4v) is 1.33. The topological polar surface area (TPSA) is 87.7 Å². The van der Waals surface area contributed by atoms with E-state index in [2.05, 4.69) is 10.6 Å². The van der Waals surface area contributed by atoms with Gasteiger partial charge in [0.2, 0.25) is 0 Å². The second kappa shape index (κ2) is 9.70. The van der Waals surface area contributed by atoms with Gasteiger partial charge in [0.25, 0.3) is 0 Å². The molecule has 3 N–H and O–H groups in total. The third kappa shape index (κ3) is 7.89. The van der Waals surface area contributed by atoms with Crippen LogP contribution in [-0.2, 0) is 9.53 Å². The maximum Gasteiger partial charge on any atom is 0.326 e. The van der Waals surface area contributed by atoms with Gasteiger partial charge in [-0.15, -0.1) is 0 Å². The van der Waals surface area contributed by atoms with Gasteiger partial charge in [0, 0.05) is 19.8 Å². The third-order valence-corrected chi connectivity index (χ3v) is 2.32. The summed E-state index contributed by atoms with van der Waals surface area (Å²) in [5, 5.41) is 13.9. The van der Waals surface area contributed by atoms with Crippen molar-refractivity contribution in [3.63, 3.8) is 0 Å². The van der Waals surface area contributed by atoms with Crippen molar-refractivity contribution in [1.82, 2.24) is 10.6 Å². The molecule has 6 nitrogen and oxygen atoms in total. The molecule has 6 heteroatoms. The monoisotopic (exact) mass is 260 g/mol. The van der Waals surface area contributed by atoms with Crippen molar-refractivity contribution in [2.24, 2.45) is 5.92 Å². The first kappa shape index (κ1) is 16.7. The van der Waals surface area contributed by atoms with E-state index in [0.29, 0.717) is 19.6 Å². The molecule has 0 saturated heterocycles. The summed E-state index contributed by atoms with van der Waals surface area (Å²) in [6.45, 7) is 7.32. The highest BCUT2D eigenvalue weighted by atomic mass is 16.5. The number of carboxylic acids is 1. The maximum atomic E-state index is 11.4. The Bertz CT molecular complexity index is 256. The minimum absolute atomic E-state index is 0.152. The third-order valence-electron chi connectivity index (χ3n) is 2.32. The Hall–Kier alpha value is -1.30. The molecule has 0 aliphatic carbocycles. The van der Waals surface area contributed by atoms with Gasteiger partial charge in [-0.1, -0.05) is 20.8 Å². The quantitative estimate of drug-likeness (QED) is 0.544. The largest absolute Gasteiger partial charge is 0.480 e. The highest BCUT2D eigenvalue weighted by Gasteiger charge is 2.22. The Kier molecular flexibility index (Phi) is 9.00. The summed E-state index contributed by atoms with van der Waals surface area (Å²) in [4.78, 5) is 22.3. The second-order valence-corrected chi connectivity index (χ2v) is 4.43. The van der Waals surface area contributed by atoms with E-state index in [1.54, 1.807) is 13.8 Å². The minimum atomic E-state index is -1.02. The summed E-state index contributed by atoms with van der Waals surface area (Å²) in [7, 11) is 0. The van der Waals surface area contributed by atoms with Crippen molar-refractivity contribution in [2.75, 3.05) is 19.8 Å². The molecule has 0 radical (unpaired) electrons. The van der Waals surface area contributed by atoms with E-state index < -0.39 is 18.0 Å². The molecule has 0 aromatic rings. The fourth-order valence-electron chi connectivity index (χ4n) is 1.33. The van der Waals surface area contributed by atoms with Gasteiger partial charge < -0.3 is 20.5 Å². The number of rotatable bonds is 9. The van der Waals surface area contributed by atoms with E-state index in [1.165, 1.54) is 0 Å². The van der Waals surface area contributed by atoms with Crippen LogP contribution in [0.1, 0.15) is 33.6 Å². The number of ether oxygens (including phenoxy) is 1. The average Bonchev–Trinajstić information content (AvgIpc) is 2.29. The molecule has 0 heterocycles. The van der Waals surface area contributed by atoms with Gasteiger partial charge in [0.05, 0.1) is 0 Å². The van der Waals surface area contributed by atoms with Crippen LogP contribution in [0.5, 0.6) is 0 Å². The summed E-state index contributed by atoms with van der Waals surface area (Å²) in [5.74, 6) is -1.17. The zero-order chi connectivity index (χ0) is 14.0. The zero-order valence-electron chi connectivity index (χ0n) is 11.4. The van der Waals surface area contributed by atoms with Gasteiger partial charge in [0.1, 0.15) is 6.04 Å². The molecule has 0 fully saturated rings. The number of hydrogen-bond acceptors (Lipinski definition) is 3. The Balaban J connectivity index is 3.72. The van der Waals surface area contributed by atoms with Gasteiger partial charge in [0.15, 0.2) is 0 Å². The van der Waals surface area contributed by atoms with Gasteiger partial charge in [-0.2, -0.15) is 0 Å². The van der Waals surface area contributed by atoms with E-state index in [9.17, 15) is 9.59 Å². The maximum absolute atomic E-state index is 11.4. The number of hydrogen-bond donors (Lipinski definition) is 3. The second-order valence-electron chi connectivity index (χ2n) is 4.43. The van der Waals surface area contributed by atoms with Crippen molar-refractivity contribution in [2.45, 2.75) is 39.7 Å². The minimum Gasteiger partial charge on any atom is -0.480 e. The number of carbonyl (C=O) groups is 2. The Morgan fingerprint density at radius 3 is 2.44 bits per heavy atom. The molecule has 0 aromatic heterocycles.